The van der Waals surface area contributed by atoms with Gasteiger partial charge in [0.2, 0.25) is 0 Å². The number of nitrogens with one attached hydrogen (secondary N) is 1. The molecule has 0 aliphatic heterocycles. The smallest absolute Gasteiger partial charge is 0.435 e. The fourth-order valence-electron chi connectivity index (χ4n) is 1.91. The topological polar surface area (TPSA) is 64.1 Å². The van der Waals surface area contributed by atoms with Crippen LogP contribution in [0.3, 0.4) is 0 Å². The Labute approximate surface area is 130 Å². The van der Waals surface area contributed by atoms with Crippen LogP contribution in [0.2, 0.25) is 0 Å². The summed E-state index contributed by atoms with van der Waals surface area (Å²) >= 11 is 0. The second-order valence-electron chi connectivity index (χ2n) is 4.77. The first-order chi connectivity index (χ1) is 10.8. The van der Waals surface area contributed by atoms with Gasteiger partial charge in [-0.05, 0) is 30.7 Å². The minimum atomic E-state index is -4.66. The quantitative estimate of drug-likeness (QED) is 0.875. The van der Waals surface area contributed by atoms with Crippen LogP contribution in [0.1, 0.15) is 11.3 Å². The number of pyridine rings is 2. The van der Waals surface area contributed by atoms with Crippen LogP contribution < -0.4 is 5.32 Å². The van der Waals surface area contributed by atoms with Gasteiger partial charge in [-0.1, -0.05) is 0 Å². The van der Waals surface area contributed by atoms with Gasteiger partial charge in [-0.15, -0.1) is 0 Å². The van der Waals surface area contributed by atoms with Crippen molar-refractivity contribution < 1.29 is 22.7 Å². The van der Waals surface area contributed by atoms with Crippen LogP contribution in [0, 0.1) is 6.92 Å². The number of aromatic nitrogens is 2. The highest BCUT2D eigenvalue weighted by Gasteiger charge is 2.36. The van der Waals surface area contributed by atoms with Crippen molar-refractivity contribution in [3.05, 3.63) is 41.9 Å². The van der Waals surface area contributed by atoms with Crippen molar-refractivity contribution in [3.63, 3.8) is 0 Å². The van der Waals surface area contributed by atoms with Gasteiger partial charge < -0.3 is 10.1 Å². The number of hydrogen-bond acceptors (Lipinski definition) is 5. The van der Waals surface area contributed by atoms with Crippen LogP contribution >= 0.6 is 0 Å². The third kappa shape index (κ3) is 4.18. The van der Waals surface area contributed by atoms with E-state index < -0.39 is 17.8 Å². The number of halogens is 3. The van der Waals surface area contributed by atoms with Crippen LogP contribution in [-0.2, 0) is 15.7 Å². The number of carbonyl (C=O) groups is 1. The maximum atomic E-state index is 13.2. The Hall–Kier alpha value is -2.64. The number of ether oxygens (including phenoxy) is 1. The number of methoxy groups -OCH3 is 1. The number of carbonyl (C=O) groups excluding carboxylic acids is 1. The van der Waals surface area contributed by atoms with Gasteiger partial charge in [0.05, 0.1) is 18.5 Å². The molecule has 0 amide bonds. The first kappa shape index (κ1) is 16.7. The third-order valence-electron chi connectivity index (χ3n) is 2.99. The second-order valence-corrected chi connectivity index (χ2v) is 4.77. The molecule has 1 N–H and O–H groups in total. The molecule has 8 heteroatoms. The number of nitrogens with zero attached hydrogens (tertiary/aromatic N) is 2. The Balaban J connectivity index is 2.40. The van der Waals surface area contributed by atoms with Gasteiger partial charge in [-0.3, -0.25) is 9.78 Å². The lowest BCUT2D eigenvalue weighted by Gasteiger charge is -2.14. The standard InChI is InChI=1S/C15H14F3N3O2/c1-9-5-10(7-19-6-9)11-3-4-12(20-8-13(22)23-2)14(21-11)15(16,17)18/h3-7,20H,8H2,1-2H3. The molecular formula is C15H14F3N3O2. The first-order valence-electron chi connectivity index (χ1n) is 6.62. The lowest BCUT2D eigenvalue weighted by atomic mass is 10.1. The third-order valence-corrected chi connectivity index (χ3v) is 2.99. The summed E-state index contributed by atoms with van der Waals surface area (Å²) in [6.45, 7) is 1.40. The second kappa shape index (κ2) is 6.64. The van der Waals surface area contributed by atoms with E-state index in [0.717, 1.165) is 12.7 Å². The summed E-state index contributed by atoms with van der Waals surface area (Å²) in [7, 11) is 1.15. The van der Waals surface area contributed by atoms with Crippen LogP contribution in [-0.4, -0.2) is 29.6 Å². The molecule has 0 saturated heterocycles. The zero-order chi connectivity index (χ0) is 17.0. The van der Waals surface area contributed by atoms with Gasteiger partial charge in [-0.25, -0.2) is 4.98 Å². The summed E-state index contributed by atoms with van der Waals surface area (Å²) in [6, 6.07) is 4.36. The summed E-state index contributed by atoms with van der Waals surface area (Å²) in [4.78, 5) is 18.7. The molecule has 122 valence electrons. The summed E-state index contributed by atoms with van der Waals surface area (Å²) in [5.41, 5.74) is 0.0607. The van der Waals surface area contributed by atoms with Crippen LogP contribution in [0.15, 0.2) is 30.6 Å². The van der Waals surface area contributed by atoms with Gasteiger partial charge in [-0.2, -0.15) is 13.2 Å². The molecule has 2 aromatic heterocycles. The van der Waals surface area contributed by atoms with Crippen LogP contribution in [0.5, 0.6) is 0 Å². The lowest BCUT2D eigenvalue weighted by molar-refractivity contribution is -0.141. The maximum Gasteiger partial charge on any atom is 0.435 e. The Morgan fingerprint density at radius 3 is 2.65 bits per heavy atom. The highest BCUT2D eigenvalue weighted by molar-refractivity contribution is 5.75. The monoisotopic (exact) mass is 325 g/mol. The fourth-order valence-corrected chi connectivity index (χ4v) is 1.91. The molecule has 0 saturated carbocycles. The van der Waals surface area contributed by atoms with Crippen molar-refractivity contribution in [1.29, 1.82) is 0 Å². The van der Waals surface area contributed by atoms with Crippen molar-refractivity contribution in [1.82, 2.24) is 9.97 Å². The molecule has 2 rings (SSSR count). The van der Waals surface area contributed by atoms with E-state index in [4.69, 9.17) is 0 Å². The van der Waals surface area contributed by atoms with E-state index in [1.807, 2.05) is 0 Å². The molecular weight excluding hydrogens is 311 g/mol. The maximum absolute atomic E-state index is 13.2. The molecule has 0 spiro atoms. The largest absolute Gasteiger partial charge is 0.468 e. The van der Waals surface area contributed by atoms with E-state index in [1.165, 1.54) is 18.3 Å². The van der Waals surface area contributed by atoms with E-state index >= 15 is 0 Å². The number of aryl methyl sites for hydroxylation is 1. The van der Waals surface area contributed by atoms with Crippen molar-refractivity contribution in [3.8, 4) is 11.3 Å². The molecule has 0 aliphatic rings. The number of alkyl halides is 3. The molecule has 0 aromatic carbocycles. The summed E-state index contributed by atoms with van der Waals surface area (Å²) < 4.78 is 44.0. The Kier molecular flexibility index (Phi) is 4.83. The zero-order valence-electron chi connectivity index (χ0n) is 12.4. The average molecular weight is 325 g/mol. The molecule has 0 atom stereocenters. The van der Waals surface area contributed by atoms with Crippen LogP contribution in [0.4, 0.5) is 18.9 Å². The van der Waals surface area contributed by atoms with Gasteiger partial charge in [0.25, 0.3) is 0 Å². The number of anilines is 1. The number of esters is 1. The minimum Gasteiger partial charge on any atom is -0.468 e. The van der Waals surface area contributed by atoms with Crippen molar-refractivity contribution >= 4 is 11.7 Å². The normalized spacial score (nSPS) is 11.2. The van der Waals surface area contributed by atoms with E-state index in [2.05, 4.69) is 20.0 Å². The van der Waals surface area contributed by atoms with Gasteiger partial charge >= 0.3 is 12.1 Å². The molecule has 0 aliphatic carbocycles. The zero-order valence-corrected chi connectivity index (χ0v) is 12.4. The van der Waals surface area contributed by atoms with Gasteiger partial charge in [0, 0.05) is 18.0 Å². The van der Waals surface area contributed by atoms with Crippen LogP contribution in [0.25, 0.3) is 11.3 Å². The van der Waals surface area contributed by atoms with Crippen molar-refractivity contribution in [2.24, 2.45) is 0 Å². The number of rotatable bonds is 4. The molecule has 23 heavy (non-hydrogen) atoms. The first-order valence-corrected chi connectivity index (χ1v) is 6.62. The Morgan fingerprint density at radius 1 is 1.30 bits per heavy atom. The summed E-state index contributed by atoms with van der Waals surface area (Å²) in [5.74, 6) is -0.676. The van der Waals surface area contributed by atoms with E-state index in [1.54, 1.807) is 19.2 Å². The molecule has 2 heterocycles. The van der Waals surface area contributed by atoms with Crippen molar-refractivity contribution in [2.75, 3.05) is 19.0 Å². The van der Waals surface area contributed by atoms with E-state index in [-0.39, 0.29) is 17.9 Å². The van der Waals surface area contributed by atoms with E-state index in [0.29, 0.717) is 5.56 Å². The molecule has 0 unspecified atom stereocenters. The molecule has 0 bridgehead atoms. The summed E-state index contributed by atoms with van der Waals surface area (Å²) in [6.07, 6.45) is -1.62. The summed E-state index contributed by atoms with van der Waals surface area (Å²) in [5, 5.41) is 2.39. The minimum absolute atomic E-state index is 0.150. The van der Waals surface area contributed by atoms with E-state index in [9.17, 15) is 18.0 Å². The molecule has 5 nitrogen and oxygen atoms in total. The predicted molar refractivity (Wildman–Crippen MR) is 77.7 cm³/mol. The SMILES string of the molecule is COC(=O)CNc1ccc(-c2cncc(C)c2)nc1C(F)(F)F. The Morgan fingerprint density at radius 2 is 2.04 bits per heavy atom. The van der Waals surface area contributed by atoms with Crippen molar-refractivity contribution in [2.45, 2.75) is 13.1 Å². The highest BCUT2D eigenvalue weighted by atomic mass is 19.4. The molecule has 2 aromatic rings. The lowest BCUT2D eigenvalue weighted by Crippen LogP contribution is -2.19. The fraction of sp³-hybridized carbons (Fsp3) is 0.267. The molecule has 0 fully saturated rings. The van der Waals surface area contributed by atoms with Gasteiger partial charge in [0.1, 0.15) is 6.54 Å². The Bertz CT molecular complexity index is 717. The van der Waals surface area contributed by atoms with Gasteiger partial charge in [0.15, 0.2) is 5.69 Å². The number of hydrogen-bond donors (Lipinski definition) is 1. The highest BCUT2D eigenvalue weighted by Crippen LogP contribution is 2.35. The average Bonchev–Trinajstić information content (AvgIpc) is 2.51. The molecule has 0 radical (unpaired) electrons. The predicted octanol–water partition coefficient (Wildman–Crippen LogP) is 3.06.